The van der Waals surface area contributed by atoms with Crippen molar-refractivity contribution in [3.63, 3.8) is 0 Å². The van der Waals surface area contributed by atoms with Crippen LogP contribution >= 0.6 is 22.6 Å². The first-order chi connectivity index (χ1) is 11.2. The van der Waals surface area contributed by atoms with Crippen LogP contribution in [0.25, 0.3) is 0 Å². The van der Waals surface area contributed by atoms with E-state index in [1.165, 1.54) is 5.56 Å². The molecule has 3 rings (SSSR count). The second kappa shape index (κ2) is 7.93. The Kier molecular flexibility index (Phi) is 5.67. The summed E-state index contributed by atoms with van der Waals surface area (Å²) >= 11 is 2.22. The van der Waals surface area contributed by atoms with Crippen LogP contribution in [0.15, 0.2) is 54.6 Å². The van der Waals surface area contributed by atoms with Gasteiger partial charge in [0.2, 0.25) is 0 Å². The van der Waals surface area contributed by atoms with E-state index in [1.807, 2.05) is 30.3 Å². The molecule has 1 atom stereocenters. The Morgan fingerprint density at radius 2 is 1.87 bits per heavy atom. The highest BCUT2D eigenvalue weighted by atomic mass is 127. The fourth-order valence-electron chi connectivity index (χ4n) is 3.07. The van der Waals surface area contributed by atoms with Gasteiger partial charge in [-0.1, -0.05) is 42.5 Å². The minimum absolute atomic E-state index is 0.0431. The van der Waals surface area contributed by atoms with E-state index < -0.39 is 0 Å². The zero-order chi connectivity index (χ0) is 16.1. The van der Waals surface area contributed by atoms with Gasteiger partial charge in [-0.05, 0) is 59.7 Å². The molecule has 3 nitrogen and oxygen atoms in total. The molecule has 4 heteroatoms. The number of benzene rings is 2. The van der Waals surface area contributed by atoms with Gasteiger partial charge < -0.3 is 5.32 Å². The van der Waals surface area contributed by atoms with Crippen molar-refractivity contribution in [2.75, 3.05) is 13.1 Å². The fourth-order valence-corrected chi connectivity index (χ4v) is 3.70. The normalized spacial score (nSPS) is 18.6. The number of carbonyl (C=O) groups excluding carboxylic acids is 1. The van der Waals surface area contributed by atoms with Gasteiger partial charge in [-0.15, -0.1) is 0 Å². The predicted octanol–water partition coefficient (Wildman–Crippen LogP) is 3.69. The molecule has 120 valence electrons. The van der Waals surface area contributed by atoms with E-state index >= 15 is 0 Å². The molecule has 1 unspecified atom stereocenters. The van der Waals surface area contributed by atoms with Crippen LogP contribution in [0, 0.1) is 3.57 Å². The Labute approximate surface area is 151 Å². The molecule has 0 radical (unpaired) electrons. The molecule has 0 spiro atoms. The minimum Gasteiger partial charge on any atom is -0.348 e. The van der Waals surface area contributed by atoms with Gasteiger partial charge in [0, 0.05) is 22.7 Å². The maximum atomic E-state index is 12.5. The van der Waals surface area contributed by atoms with Gasteiger partial charge in [0.1, 0.15) is 0 Å². The summed E-state index contributed by atoms with van der Waals surface area (Å²) in [5.41, 5.74) is 2.10. The number of halogens is 1. The van der Waals surface area contributed by atoms with E-state index in [0.717, 1.165) is 41.6 Å². The van der Waals surface area contributed by atoms with E-state index in [9.17, 15) is 4.79 Å². The SMILES string of the molecule is O=C(NC1CCCN(Cc2ccccc2)C1)c1ccccc1I. The Balaban J connectivity index is 1.58. The summed E-state index contributed by atoms with van der Waals surface area (Å²) < 4.78 is 1.000. The second-order valence-electron chi connectivity index (χ2n) is 6.01. The van der Waals surface area contributed by atoms with Crippen LogP contribution in [0.5, 0.6) is 0 Å². The van der Waals surface area contributed by atoms with Crippen LogP contribution in [-0.4, -0.2) is 29.9 Å². The lowest BCUT2D eigenvalue weighted by molar-refractivity contribution is 0.0900. The van der Waals surface area contributed by atoms with E-state index in [1.54, 1.807) is 0 Å². The number of nitrogens with one attached hydrogen (secondary N) is 1. The maximum Gasteiger partial charge on any atom is 0.252 e. The second-order valence-corrected chi connectivity index (χ2v) is 7.18. The van der Waals surface area contributed by atoms with Crippen LogP contribution in [0.4, 0.5) is 0 Å². The van der Waals surface area contributed by atoms with Gasteiger partial charge in [0.25, 0.3) is 5.91 Å². The Morgan fingerprint density at radius 1 is 1.13 bits per heavy atom. The molecule has 0 aliphatic carbocycles. The Morgan fingerprint density at radius 3 is 2.65 bits per heavy atom. The number of amides is 1. The van der Waals surface area contributed by atoms with Crippen LogP contribution in [0.1, 0.15) is 28.8 Å². The fraction of sp³-hybridized carbons (Fsp3) is 0.316. The van der Waals surface area contributed by atoms with Gasteiger partial charge in [-0.25, -0.2) is 0 Å². The lowest BCUT2D eigenvalue weighted by atomic mass is 10.0. The number of nitrogens with zero attached hydrogens (tertiary/aromatic N) is 1. The van der Waals surface area contributed by atoms with Crippen molar-refractivity contribution < 1.29 is 4.79 Å². The first-order valence-electron chi connectivity index (χ1n) is 8.04. The quantitative estimate of drug-likeness (QED) is 0.766. The number of rotatable bonds is 4. The highest BCUT2D eigenvalue weighted by Gasteiger charge is 2.22. The zero-order valence-electron chi connectivity index (χ0n) is 13.0. The third-order valence-corrected chi connectivity index (χ3v) is 5.15. The van der Waals surface area contributed by atoms with E-state index in [4.69, 9.17) is 0 Å². The lowest BCUT2D eigenvalue weighted by Crippen LogP contribution is -2.47. The predicted molar refractivity (Wildman–Crippen MR) is 101 cm³/mol. The molecule has 1 saturated heterocycles. The molecule has 2 aromatic rings. The minimum atomic E-state index is 0.0431. The molecule has 1 fully saturated rings. The molecule has 0 aromatic heterocycles. The average Bonchev–Trinajstić information content (AvgIpc) is 2.56. The van der Waals surface area contributed by atoms with Crippen LogP contribution in [-0.2, 0) is 6.54 Å². The highest BCUT2D eigenvalue weighted by Crippen LogP contribution is 2.16. The van der Waals surface area contributed by atoms with Crippen molar-refractivity contribution in [3.05, 3.63) is 69.3 Å². The number of hydrogen-bond acceptors (Lipinski definition) is 2. The molecular formula is C19H21IN2O. The molecular weight excluding hydrogens is 399 g/mol. The Hall–Kier alpha value is -1.40. The topological polar surface area (TPSA) is 32.3 Å². The summed E-state index contributed by atoms with van der Waals surface area (Å²) in [6.45, 7) is 2.98. The summed E-state index contributed by atoms with van der Waals surface area (Å²) in [4.78, 5) is 14.9. The van der Waals surface area contributed by atoms with Crippen molar-refractivity contribution in [3.8, 4) is 0 Å². The van der Waals surface area contributed by atoms with Gasteiger partial charge in [-0.3, -0.25) is 9.69 Å². The molecule has 1 heterocycles. The summed E-state index contributed by atoms with van der Waals surface area (Å²) in [6.07, 6.45) is 2.18. The number of piperidine rings is 1. The van der Waals surface area contributed by atoms with E-state index in [-0.39, 0.29) is 11.9 Å². The number of carbonyl (C=O) groups is 1. The summed E-state index contributed by atoms with van der Waals surface area (Å²) in [7, 11) is 0. The molecule has 23 heavy (non-hydrogen) atoms. The van der Waals surface area contributed by atoms with Crippen LogP contribution < -0.4 is 5.32 Å². The van der Waals surface area contributed by atoms with Gasteiger partial charge in [0.05, 0.1) is 5.56 Å². The molecule has 0 saturated carbocycles. The molecule has 1 aliphatic heterocycles. The maximum absolute atomic E-state index is 12.5. The zero-order valence-corrected chi connectivity index (χ0v) is 15.2. The molecule has 1 aliphatic rings. The third-order valence-electron chi connectivity index (χ3n) is 4.21. The summed E-state index contributed by atoms with van der Waals surface area (Å²) in [5, 5.41) is 3.21. The number of likely N-dealkylation sites (tertiary alicyclic amines) is 1. The van der Waals surface area contributed by atoms with Crippen molar-refractivity contribution >= 4 is 28.5 Å². The first kappa shape index (κ1) is 16.5. The van der Waals surface area contributed by atoms with Gasteiger partial charge in [-0.2, -0.15) is 0 Å². The lowest BCUT2D eigenvalue weighted by Gasteiger charge is -2.33. The monoisotopic (exact) mass is 420 g/mol. The molecule has 0 bridgehead atoms. The molecule has 2 aromatic carbocycles. The molecule has 1 N–H and O–H groups in total. The van der Waals surface area contributed by atoms with Gasteiger partial charge in [0.15, 0.2) is 0 Å². The molecule has 1 amide bonds. The summed E-state index contributed by atoms with van der Waals surface area (Å²) in [6, 6.07) is 18.5. The van der Waals surface area contributed by atoms with Crippen molar-refractivity contribution in [2.45, 2.75) is 25.4 Å². The van der Waals surface area contributed by atoms with E-state index in [0.29, 0.717) is 0 Å². The Bertz CT molecular complexity index is 659. The third kappa shape index (κ3) is 4.54. The van der Waals surface area contributed by atoms with Crippen LogP contribution in [0.3, 0.4) is 0 Å². The van der Waals surface area contributed by atoms with Crippen LogP contribution in [0.2, 0.25) is 0 Å². The largest absolute Gasteiger partial charge is 0.348 e. The summed E-state index contributed by atoms with van der Waals surface area (Å²) in [5.74, 6) is 0.0431. The van der Waals surface area contributed by atoms with Crippen molar-refractivity contribution in [1.29, 1.82) is 0 Å². The van der Waals surface area contributed by atoms with Crippen molar-refractivity contribution in [2.24, 2.45) is 0 Å². The smallest absolute Gasteiger partial charge is 0.252 e. The first-order valence-corrected chi connectivity index (χ1v) is 9.12. The number of hydrogen-bond donors (Lipinski definition) is 1. The standard InChI is InChI=1S/C19H21IN2O/c20-18-11-5-4-10-17(18)19(23)21-16-9-6-12-22(14-16)13-15-7-2-1-3-8-15/h1-5,7-8,10-11,16H,6,9,12-14H2,(H,21,23). The average molecular weight is 420 g/mol. The highest BCUT2D eigenvalue weighted by molar-refractivity contribution is 14.1. The van der Waals surface area contributed by atoms with E-state index in [2.05, 4.69) is 57.1 Å². The van der Waals surface area contributed by atoms with Gasteiger partial charge >= 0.3 is 0 Å². The van der Waals surface area contributed by atoms with Crippen molar-refractivity contribution in [1.82, 2.24) is 10.2 Å².